The zero-order valence-electron chi connectivity index (χ0n) is 23.0. The third-order valence-corrected chi connectivity index (χ3v) is 9.75. The van der Waals surface area contributed by atoms with Crippen LogP contribution in [0.2, 0.25) is 0 Å². The maximum absolute atomic E-state index is 13.3. The first-order valence-electron chi connectivity index (χ1n) is 14.5. The summed E-state index contributed by atoms with van der Waals surface area (Å²) in [4.78, 5) is 44.8. The number of likely N-dealkylation sites (tertiary alicyclic amines) is 1. The molecule has 1 aliphatic heterocycles. The van der Waals surface area contributed by atoms with E-state index in [1.807, 2.05) is 47.5 Å². The Morgan fingerprint density at radius 2 is 1.89 bits per heavy atom. The van der Waals surface area contributed by atoms with E-state index < -0.39 is 0 Å². The Balaban J connectivity index is 1.07. The van der Waals surface area contributed by atoms with Crippen molar-refractivity contribution in [1.29, 1.82) is 0 Å². The molecule has 3 heterocycles. The Morgan fingerprint density at radius 3 is 2.66 bits per heavy atom. The molecule has 3 saturated carbocycles. The van der Waals surface area contributed by atoms with Gasteiger partial charge in [0, 0.05) is 37.8 Å². The molecule has 4 fully saturated rings. The van der Waals surface area contributed by atoms with Crippen LogP contribution in [0.3, 0.4) is 0 Å². The molecule has 4 unspecified atom stereocenters. The predicted molar refractivity (Wildman–Crippen MR) is 144 cm³/mol. The zero-order valence-corrected chi connectivity index (χ0v) is 23.0. The highest BCUT2D eigenvalue weighted by Crippen LogP contribution is 2.75. The minimum atomic E-state index is -0.0707. The number of carbonyl (C=O) groups is 3. The van der Waals surface area contributed by atoms with Gasteiger partial charge in [0.25, 0.3) is 5.91 Å². The summed E-state index contributed by atoms with van der Waals surface area (Å²) in [6.45, 7) is 8.16. The van der Waals surface area contributed by atoms with Crippen LogP contribution in [-0.4, -0.2) is 57.7 Å². The fourth-order valence-electron chi connectivity index (χ4n) is 8.07. The van der Waals surface area contributed by atoms with E-state index in [1.54, 1.807) is 0 Å². The zero-order chi connectivity index (χ0) is 26.7. The molecule has 1 saturated heterocycles. The normalized spacial score (nSPS) is 30.4. The van der Waals surface area contributed by atoms with E-state index in [9.17, 15) is 14.4 Å². The van der Waals surface area contributed by atoms with Crippen LogP contribution in [0.15, 0.2) is 24.4 Å². The van der Waals surface area contributed by atoms with Crippen LogP contribution >= 0.6 is 0 Å². The highest BCUT2D eigenvalue weighted by Gasteiger charge is 2.67. The van der Waals surface area contributed by atoms with E-state index >= 15 is 0 Å². The molecule has 3 aliphatic carbocycles. The monoisotopic (exact) mass is 519 g/mol. The van der Waals surface area contributed by atoms with Crippen molar-refractivity contribution < 1.29 is 14.4 Å². The average Bonchev–Trinajstić information content (AvgIpc) is 3.21. The van der Waals surface area contributed by atoms with Gasteiger partial charge in [0.2, 0.25) is 11.8 Å². The summed E-state index contributed by atoms with van der Waals surface area (Å²) in [5, 5.41) is 6.35. The van der Waals surface area contributed by atoms with Crippen LogP contribution in [0.1, 0.15) is 81.9 Å². The molecular weight excluding hydrogens is 478 g/mol. The van der Waals surface area contributed by atoms with Crippen LogP contribution in [0.4, 0.5) is 0 Å². The van der Waals surface area contributed by atoms with Gasteiger partial charge in [-0.25, -0.2) is 4.98 Å². The van der Waals surface area contributed by atoms with E-state index in [-0.39, 0.29) is 41.5 Å². The van der Waals surface area contributed by atoms with Gasteiger partial charge in [0.15, 0.2) is 0 Å². The number of hydrogen-bond acceptors (Lipinski definition) is 4. The number of imidazole rings is 1. The number of aromatic nitrogens is 2. The smallest absolute Gasteiger partial charge is 0.268 e. The molecule has 4 atom stereocenters. The van der Waals surface area contributed by atoms with Crippen molar-refractivity contribution in [1.82, 2.24) is 24.9 Å². The highest BCUT2D eigenvalue weighted by molar-refractivity contribution is 5.93. The second-order valence-corrected chi connectivity index (χ2v) is 13.2. The van der Waals surface area contributed by atoms with Gasteiger partial charge in [0.1, 0.15) is 11.3 Å². The number of hydrogen-bond donors (Lipinski definition) is 2. The Hall–Kier alpha value is -2.90. The second-order valence-electron chi connectivity index (χ2n) is 13.2. The fraction of sp³-hybridized carbons (Fsp3) is 0.667. The molecule has 0 radical (unpaired) electrons. The van der Waals surface area contributed by atoms with Crippen LogP contribution in [0.5, 0.6) is 0 Å². The number of fused-ring (bicyclic) bond motifs is 2. The first kappa shape index (κ1) is 25.4. The van der Waals surface area contributed by atoms with Gasteiger partial charge >= 0.3 is 0 Å². The molecule has 0 aromatic carbocycles. The van der Waals surface area contributed by atoms with E-state index in [1.165, 1.54) is 32.1 Å². The van der Waals surface area contributed by atoms with Crippen molar-refractivity contribution >= 4 is 23.4 Å². The van der Waals surface area contributed by atoms with Crippen molar-refractivity contribution in [2.24, 2.45) is 28.6 Å². The van der Waals surface area contributed by atoms with Gasteiger partial charge in [-0.15, -0.1) is 0 Å². The number of nitrogens with one attached hydrogen (secondary N) is 2. The Kier molecular flexibility index (Phi) is 6.27. The van der Waals surface area contributed by atoms with E-state index in [2.05, 4.69) is 22.5 Å². The van der Waals surface area contributed by atoms with Gasteiger partial charge in [-0.3, -0.25) is 18.8 Å². The van der Waals surface area contributed by atoms with Gasteiger partial charge in [0.05, 0.1) is 12.1 Å². The molecule has 3 amide bonds. The van der Waals surface area contributed by atoms with Crippen LogP contribution < -0.4 is 10.6 Å². The molecule has 8 nitrogen and oxygen atoms in total. The number of piperidine rings is 1. The van der Waals surface area contributed by atoms with Gasteiger partial charge < -0.3 is 15.5 Å². The maximum atomic E-state index is 13.3. The summed E-state index contributed by atoms with van der Waals surface area (Å²) in [7, 11) is 0. The summed E-state index contributed by atoms with van der Waals surface area (Å²) < 4.78 is 1.82. The summed E-state index contributed by atoms with van der Waals surface area (Å²) in [6, 6.07) is 5.70. The minimum absolute atomic E-state index is 0.0345. The second kappa shape index (κ2) is 9.38. The predicted octanol–water partition coefficient (Wildman–Crippen LogP) is 3.59. The molecule has 1 spiro atoms. The molecule has 2 aromatic heterocycles. The summed E-state index contributed by atoms with van der Waals surface area (Å²) in [6.07, 6.45) is 10.1. The molecule has 6 rings (SSSR count). The Bertz CT molecular complexity index is 1260. The third-order valence-electron chi connectivity index (χ3n) is 9.75. The van der Waals surface area contributed by atoms with Gasteiger partial charge in [-0.2, -0.15) is 0 Å². The van der Waals surface area contributed by atoms with E-state index in [0.29, 0.717) is 35.5 Å². The molecule has 4 aliphatic rings. The number of nitrogens with zero attached hydrogens (tertiary/aromatic N) is 3. The summed E-state index contributed by atoms with van der Waals surface area (Å²) in [5.41, 5.74) is 2.77. The first-order valence-corrected chi connectivity index (χ1v) is 14.5. The molecule has 38 heavy (non-hydrogen) atoms. The average molecular weight is 520 g/mol. The summed E-state index contributed by atoms with van der Waals surface area (Å²) >= 11 is 0. The first-order chi connectivity index (χ1) is 18.2. The Labute approximate surface area is 224 Å². The molecule has 204 valence electrons. The lowest BCUT2D eigenvalue weighted by atomic mass is 9.67. The number of carbonyl (C=O) groups excluding carboxylic acids is 3. The van der Waals surface area contributed by atoms with Crippen LogP contribution in [-0.2, 0) is 16.0 Å². The molecule has 8 heteroatoms. The number of pyridine rings is 1. The topological polar surface area (TPSA) is 95.8 Å². The summed E-state index contributed by atoms with van der Waals surface area (Å²) in [5.74, 6) is 1.62. The SMILES string of the molecule is CC1CC2(CNC(=O)c3cccc4nc(CC(=O)N5CCC(NC(=O)C(C)C)CC5)cn34)CC3CC3(C1)C2. The van der Waals surface area contributed by atoms with E-state index in [4.69, 9.17) is 0 Å². The standard InChI is InChI=1S/C30H41N5O3/c1-19(2)27(37)33-22-7-9-34(10-8-22)26(36)11-23-16-35-24(5-4-6-25(35)32-23)28(38)31-18-29-12-20(3)13-30(17-29)15-21(30)14-29/h4-6,16,19-22H,7-15,17-18H2,1-3H3,(H,31,38)(H,33,37). The fourth-order valence-corrected chi connectivity index (χ4v) is 8.07. The van der Waals surface area contributed by atoms with E-state index in [0.717, 1.165) is 31.2 Å². The molecular formula is C30H41N5O3. The lowest BCUT2D eigenvalue weighted by Gasteiger charge is -2.40. The van der Waals surface area contributed by atoms with Crippen LogP contribution in [0.25, 0.3) is 5.65 Å². The third kappa shape index (κ3) is 4.71. The van der Waals surface area contributed by atoms with Gasteiger partial charge in [-0.05, 0) is 79.7 Å². The van der Waals surface area contributed by atoms with Crippen molar-refractivity contribution in [3.63, 3.8) is 0 Å². The maximum Gasteiger partial charge on any atom is 0.268 e. The number of rotatable bonds is 7. The molecule has 2 aromatic rings. The van der Waals surface area contributed by atoms with Crippen molar-refractivity contribution in [3.05, 3.63) is 35.8 Å². The highest BCUT2D eigenvalue weighted by atomic mass is 16.2. The van der Waals surface area contributed by atoms with Crippen LogP contribution in [0, 0.1) is 28.6 Å². The lowest BCUT2D eigenvalue weighted by molar-refractivity contribution is -0.131. The quantitative estimate of drug-likeness (QED) is 0.585. The minimum Gasteiger partial charge on any atom is -0.353 e. The lowest BCUT2D eigenvalue weighted by Crippen LogP contribution is -2.47. The van der Waals surface area contributed by atoms with Crippen molar-refractivity contribution in [2.75, 3.05) is 19.6 Å². The van der Waals surface area contributed by atoms with Gasteiger partial charge in [-0.1, -0.05) is 26.8 Å². The molecule has 2 bridgehead atoms. The number of amides is 3. The largest absolute Gasteiger partial charge is 0.353 e. The Morgan fingerprint density at radius 1 is 1.11 bits per heavy atom. The van der Waals surface area contributed by atoms with Crippen molar-refractivity contribution in [2.45, 2.75) is 78.2 Å². The van der Waals surface area contributed by atoms with Crippen molar-refractivity contribution in [3.8, 4) is 0 Å². The molecule has 2 N–H and O–H groups in total.